The van der Waals surface area contributed by atoms with Crippen LogP contribution in [0.1, 0.15) is 12.6 Å². The van der Waals surface area contributed by atoms with Gasteiger partial charge in [-0.2, -0.15) is 5.26 Å². The third kappa shape index (κ3) is 1.11. The number of nitriles is 1. The second-order valence-electron chi connectivity index (χ2n) is 1.66. The lowest BCUT2D eigenvalue weighted by molar-refractivity contribution is 0.620. The maximum Gasteiger partial charge on any atom is 0.172 e. The average molecular weight is 248 g/mol. The predicted molar refractivity (Wildman–Crippen MR) is 43.1 cm³/mol. The lowest BCUT2D eigenvalue weighted by Gasteiger charge is -1.91. The zero-order valence-corrected chi connectivity index (χ0v) is 7.53. The molecule has 0 aliphatic carbocycles. The molecule has 0 spiro atoms. The van der Waals surface area contributed by atoms with Gasteiger partial charge in [0.25, 0.3) is 0 Å². The van der Waals surface area contributed by atoms with Crippen molar-refractivity contribution in [3.63, 3.8) is 0 Å². The van der Waals surface area contributed by atoms with Gasteiger partial charge in [0.15, 0.2) is 9.39 Å². The molecule has 4 nitrogen and oxygen atoms in total. The van der Waals surface area contributed by atoms with Crippen LogP contribution in [0.15, 0.2) is 0 Å². The monoisotopic (exact) mass is 248 g/mol. The first-order valence-corrected chi connectivity index (χ1v) is 3.86. The molecule has 0 aliphatic heterocycles. The van der Waals surface area contributed by atoms with E-state index in [1.165, 1.54) is 0 Å². The molecule has 0 aliphatic rings. The number of rotatable bonds is 1. The number of nitrogens with zero attached hydrogens (tertiary/aromatic N) is 4. The third-order valence-electron chi connectivity index (χ3n) is 1.10. The first-order valence-electron chi connectivity index (χ1n) is 2.78. The summed E-state index contributed by atoms with van der Waals surface area (Å²) < 4.78 is 2.24. The zero-order valence-electron chi connectivity index (χ0n) is 5.37. The molecular weight excluding hydrogens is 243 g/mol. The van der Waals surface area contributed by atoms with Gasteiger partial charge in [0, 0.05) is 6.54 Å². The van der Waals surface area contributed by atoms with Crippen LogP contribution in [-0.2, 0) is 6.54 Å². The van der Waals surface area contributed by atoms with Crippen LogP contribution in [0, 0.1) is 15.0 Å². The minimum atomic E-state index is 0.545. The normalized spacial score (nSPS) is 9.30. The first kappa shape index (κ1) is 7.47. The zero-order chi connectivity index (χ0) is 7.56. The van der Waals surface area contributed by atoms with E-state index in [1.54, 1.807) is 4.68 Å². The van der Waals surface area contributed by atoms with E-state index in [0.29, 0.717) is 15.9 Å². The molecule has 0 N–H and O–H groups in total. The Kier molecular flexibility index (Phi) is 2.21. The molecule has 0 amide bonds. The number of aryl methyl sites for hydroxylation is 1. The molecule has 0 unspecified atom stereocenters. The Morgan fingerprint density at radius 1 is 1.80 bits per heavy atom. The maximum absolute atomic E-state index is 8.56. The van der Waals surface area contributed by atoms with E-state index < -0.39 is 0 Å². The number of halogens is 1. The van der Waals surface area contributed by atoms with Crippen molar-refractivity contribution < 1.29 is 0 Å². The van der Waals surface area contributed by atoms with Crippen LogP contribution in [-0.4, -0.2) is 15.0 Å². The highest BCUT2D eigenvalue weighted by Crippen LogP contribution is 2.05. The summed E-state index contributed by atoms with van der Waals surface area (Å²) in [5, 5.41) is 16.0. The van der Waals surface area contributed by atoms with Gasteiger partial charge in [-0.1, -0.05) is 5.21 Å². The van der Waals surface area contributed by atoms with Gasteiger partial charge in [0.1, 0.15) is 6.07 Å². The van der Waals surface area contributed by atoms with Gasteiger partial charge >= 0.3 is 0 Å². The summed E-state index contributed by atoms with van der Waals surface area (Å²) in [7, 11) is 0. The van der Waals surface area contributed by atoms with Gasteiger partial charge in [-0.25, -0.2) is 4.68 Å². The highest BCUT2D eigenvalue weighted by molar-refractivity contribution is 14.1. The lowest BCUT2D eigenvalue weighted by Crippen LogP contribution is -1.99. The predicted octanol–water partition coefficient (Wildman–Crippen LogP) is 0.774. The van der Waals surface area contributed by atoms with Gasteiger partial charge in [0.05, 0.1) is 0 Å². The smallest absolute Gasteiger partial charge is 0.172 e. The van der Waals surface area contributed by atoms with Crippen molar-refractivity contribution in [2.24, 2.45) is 0 Å². The summed E-state index contributed by atoms with van der Waals surface area (Å²) in [5.74, 6) is 0. The molecule has 1 aromatic rings. The van der Waals surface area contributed by atoms with Crippen molar-refractivity contribution in [2.75, 3.05) is 0 Å². The quantitative estimate of drug-likeness (QED) is 0.690. The SMILES string of the molecule is CCn1nnc(I)c1C#N. The molecular formula is C5H5IN4. The summed E-state index contributed by atoms with van der Waals surface area (Å²) in [5.41, 5.74) is 0.545. The van der Waals surface area contributed by atoms with Crippen LogP contribution in [0.5, 0.6) is 0 Å². The molecule has 10 heavy (non-hydrogen) atoms. The molecule has 0 aromatic carbocycles. The van der Waals surface area contributed by atoms with Gasteiger partial charge in [-0.05, 0) is 29.5 Å². The minimum Gasteiger partial charge on any atom is -0.234 e. The second-order valence-corrected chi connectivity index (χ2v) is 2.68. The van der Waals surface area contributed by atoms with Gasteiger partial charge < -0.3 is 0 Å². The van der Waals surface area contributed by atoms with Crippen molar-refractivity contribution in [1.82, 2.24) is 15.0 Å². The molecule has 1 rings (SSSR count). The van der Waals surface area contributed by atoms with Crippen molar-refractivity contribution in [1.29, 1.82) is 5.26 Å². The summed E-state index contributed by atoms with van der Waals surface area (Å²) in [6.45, 7) is 2.62. The number of hydrogen-bond donors (Lipinski definition) is 0. The Hall–Kier alpha value is -0.640. The highest BCUT2D eigenvalue weighted by Gasteiger charge is 2.06. The first-order chi connectivity index (χ1) is 4.79. The molecule has 0 radical (unpaired) electrons. The fraction of sp³-hybridized carbons (Fsp3) is 0.400. The van der Waals surface area contributed by atoms with E-state index in [2.05, 4.69) is 10.3 Å². The standard InChI is InChI=1S/C5H5IN4/c1-2-10-4(3-7)5(6)8-9-10/h2H2,1H3. The van der Waals surface area contributed by atoms with Crippen LogP contribution < -0.4 is 0 Å². The Bertz CT molecular complexity index is 272. The highest BCUT2D eigenvalue weighted by atomic mass is 127. The fourth-order valence-electron chi connectivity index (χ4n) is 0.617. The Labute approximate surface area is 72.0 Å². The lowest BCUT2D eigenvalue weighted by atomic mass is 10.5. The number of hydrogen-bond acceptors (Lipinski definition) is 3. The number of aromatic nitrogens is 3. The molecule has 52 valence electrons. The molecule has 1 aromatic heterocycles. The summed E-state index contributed by atoms with van der Waals surface area (Å²) in [6, 6.07) is 2.03. The third-order valence-corrected chi connectivity index (χ3v) is 1.83. The van der Waals surface area contributed by atoms with E-state index in [0.717, 1.165) is 0 Å². The van der Waals surface area contributed by atoms with Crippen LogP contribution in [0.2, 0.25) is 0 Å². The van der Waals surface area contributed by atoms with Crippen LogP contribution in [0.4, 0.5) is 0 Å². The van der Waals surface area contributed by atoms with E-state index >= 15 is 0 Å². The summed E-state index contributed by atoms with van der Waals surface area (Å²) in [4.78, 5) is 0. The van der Waals surface area contributed by atoms with Gasteiger partial charge in [-0.15, -0.1) is 5.10 Å². The van der Waals surface area contributed by atoms with Crippen molar-refractivity contribution in [3.8, 4) is 6.07 Å². The Morgan fingerprint density at radius 3 is 2.90 bits per heavy atom. The second kappa shape index (κ2) is 2.96. The molecule has 1 heterocycles. The van der Waals surface area contributed by atoms with Crippen molar-refractivity contribution in [2.45, 2.75) is 13.5 Å². The van der Waals surface area contributed by atoms with E-state index in [-0.39, 0.29) is 0 Å². The fourth-order valence-corrected chi connectivity index (χ4v) is 1.11. The van der Waals surface area contributed by atoms with Crippen molar-refractivity contribution in [3.05, 3.63) is 9.39 Å². The maximum atomic E-state index is 8.56. The van der Waals surface area contributed by atoms with E-state index in [4.69, 9.17) is 5.26 Å². The Balaban J connectivity index is 3.17. The van der Waals surface area contributed by atoms with Gasteiger partial charge in [0.2, 0.25) is 0 Å². The van der Waals surface area contributed by atoms with Crippen LogP contribution >= 0.6 is 22.6 Å². The molecule has 0 atom stereocenters. The summed E-state index contributed by atoms with van der Waals surface area (Å²) >= 11 is 1.99. The molecule has 0 saturated carbocycles. The van der Waals surface area contributed by atoms with Gasteiger partial charge in [-0.3, -0.25) is 0 Å². The molecule has 0 bridgehead atoms. The Morgan fingerprint density at radius 2 is 2.50 bits per heavy atom. The summed E-state index contributed by atoms with van der Waals surface area (Å²) in [6.07, 6.45) is 0. The topological polar surface area (TPSA) is 54.5 Å². The molecule has 0 fully saturated rings. The van der Waals surface area contributed by atoms with Crippen LogP contribution in [0.25, 0.3) is 0 Å². The molecule has 0 saturated heterocycles. The average Bonchev–Trinajstić information content (AvgIpc) is 2.30. The van der Waals surface area contributed by atoms with E-state index in [1.807, 2.05) is 35.6 Å². The largest absolute Gasteiger partial charge is 0.234 e. The van der Waals surface area contributed by atoms with Crippen LogP contribution in [0.3, 0.4) is 0 Å². The van der Waals surface area contributed by atoms with E-state index in [9.17, 15) is 0 Å². The molecule has 5 heteroatoms. The van der Waals surface area contributed by atoms with Crippen molar-refractivity contribution >= 4 is 22.6 Å². The minimum absolute atomic E-state index is 0.545.